The molecule has 2 saturated heterocycles. The van der Waals surface area contributed by atoms with E-state index < -0.39 is 10.0 Å². The Morgan fingerprint density at radius 2 is 2.04 bits per heavy atom. The van der Waals surface area contributed by atoms with Gasteiger partial charge in [0.25, 0.3) is 0 Å². The van der Waals surface area contributed by atoms with Gasteiger partial charge in [0.1, 0.15) is 0 Å². The molecule has 2 fully saturated rings. The summed E-state index contributed by atoms with van der Waals surface area (Å²) in [4.78, 5) is 12.3. The summed E-state index contributed by atoms with van der Waals surface area (Å²) in [6, 6.07) is 6.90. The Labute approximate surface area is 159 Å². The molecule has 26 heavy (non-hydrogen) atoms. The van der Waals surface area contributed by atoms with Crippen LogP contribution in [0.1, 0.15) is 31.2 Å². The zero-order chi connectivity index (χ0) is 18.6. The molecule has 0 unspecified atom stereocenters. The summed E-state index contributed by atoms with van der Waals surface area (Å²) in [6.07, 6.45) is 3.25. The van der Waals surface area contributed by atoms with Crippen LogP contribution in [0.25, 0.3) is 0 Å². The van der Waals surface area contributed by atoms with Gasteiger partial charge in [0.2, 0.25) is 15.9 Å². The smallest absolute Gasteiger partial charge is 0.223 e. The number of nitrogens with one attached hydrogen (secondary N) is 1. The minimum atomic E-state index is -3.40. The number of ether oxygens (including phenoxy) is 1. The third-order valence-electron chi connectivity index (χ3n) is 4.98. The molecule has 0 saturated carbocycles. The van der Waals surface area contributed by atoms with E-state index in [0.29, 0.717) is 43.1 Å². The summed E-state index contributed by atoms with van der Waals surface area (Å²) in [5.74, 6) is -0.190. The summed E-state index contributed by atoms with van der Waals surface area (Å²) in [5, 5.41) is 3.47. The van der Waals surface area contributed by atoms with Gasteiger partial charge < -0.3 is 10.1 Å². The summed E-state index contributed by atoms with van der Waals surface area (Å²) >= 11 is 5.93. The highest BCUT2D eigenvalue weighted by molar-refractivity contribution is 7.88. The van der Waals surface area contributed by atoms with Gasteiger partial charge in [-0.05, 0) is 43.4 Å². The summed E-state index contributed by atoms with van der Waals surface area (Å²) in [5.41, 5.74) is 0.675. The number of benzene rings is 1. The minimum Gasteiger partial charge on any atom is -0.376 e. The minimum absolute atomic E-state index is 0.00684. The van der Waals surface area contributed by atoms with E-state index in [1.807, 2.05) is 0 Å². The van der Waals surface area contributed by atoms with Crippen molar-refractivity contribution in [1.82, 2.24) is 9.62 Å². The fourth-order valence-corrected chi connectivity index (χ4v) is 5.25. The molecule has 0 aromatic heterocycles. The van der Waals surface area contributed by atoms with Crippen LogP contribution in [-0.2, 0) is 25.3 Å². The molecule has 3 rings (SSSR count). The SMILES string of the molecule is O=C(NC[C@H]1CCCO1)C1CCN(S(=O)(=O)Cc2cccc(Cl)c2)CC1. The second-order valence-electron chi connectivity index (χ2n) is 6.94. The van der Waals surface area contributed by atoms with Crippen molar-refractivity contribution in [2.75, 3.05) is 26.2 Å². The zero-order valence-corrected chi connectivity index (χ0v) is 16.3. The maximum Gasteiger partial charge on any atom is 0.223 e. The normalized spacial score (nSPS) is 22.4. The molecule has 0 spiro atoms. The number of sulfonamides is 1. The van der Waals surface area contributed by atoms with E-state index >= 15 is 0 Å². The van der Waals surface area contributed by atoms with Gasteiger partial charge in [-0.1, -0.05) is 23.7 Å². The molecular weight excluding hydrogens is 376 g/mol. The van der Waals surface area contributed by atoms with Crippen molar-refractivity contribution in [3.05, 3.63) is 34.9 Å². The Balaban J connectivity index is 1.48. The number of hydrogen-bond donors (Lipinski definition) is 1. The molecule has 8 heteroatoms. The van der Waals surface area contributed by atoms with Crippen LogP contribution in [0.2, 0.25) is 5.02 Å². The van der Waals surface area contributed by atoms with E-state index in [-0.39, 0.29) is 23.7 Å². The van der Waals surface area contributed by atoms with Crippen molar-refractivity contribution < 1.29 is 17.9 Å². The monoisotopic (exact) mass is 400 g/mol. The van der Waals surface area contributed by atoms with Crippen molar-refractivity contribution in [1.29, 1.82) is 0 Å². The molecule has 1 N–H and O–H groups in total. The van der Waals surface area contributed by atoms with E-state index in [1.165, 1.54) is 4.31 Å². The summed E-state index contributed by atoms with van der Waals surface area (Å²) in [7, 11) is -3.40. The average molecular weight is 401 g/mol. The molecule has 1 atom stereocenters. The van der Waals surface area contributed by atoms with Crippen molar-refractivity contribution >= 4 is 27.5 Å². The number of rotatable bonds is 6. The molecule has 0 bridgehead atoms. The fraction of sp³-hybridized carbons (Fsp3) is 0.611. The van der Waals surface area contributed by atoms with Crippen LogP contribution in [0.5, 0.6) is 0 Å². The van der Waals surface area contributed by atoms with Crippen molar-refractivity contribution in [3.8, 4) is 0 Å². The molecule has 6 nitrogen and oxygen atoms in total. The van der Waals surface area contributed by atoms with Gasteiger partial charge in [-0.15, -0.1) is 0 Å². The maximum absolute atomic E-state index is 12.6. The molecular formula is C18H25ClN2O4S. The predicted octanol–water partition coefficient (Wildman–Crippen LogP) is 2.18. The molecule has 0 aliphatic carbocycles. The van der Waals surface area contributed by atoms with Gasteiger partial charge in [-0.3, -0.25) is 4.79 Å². The lowest BCUT2D eigenvalue weighted by atomic mass is 9.97. The number of hydrogen-bond acceptors (Lipinski definition) is 4. The standard InChI is InChI=1S/C18H25ClN2O4S/c19-16-4-1-3-14(11-16)13-26(23,24)21-8-6-15(7-9-21)18(22)20-12-17-5-2-10-25-17/h1,3-4,11,15,17H,2,5-10,12-13H2,(H,20,22)/t17-/m1/s1. The number of piperidine rings is 1. The fourth-order valence-electron chi connectivity index (χ4n) is 3.49. The Hall–Kier alpha value is -1.15. The Morgan fingerprint density at radius 1 is 1.27 bits per heavy atom. The van der Waals surface area contributed by atoms with Crippen molar-refractivity contribution in [2.24, 2.45) is 5.92 Å². The Morgan fingerprint density at radius 3 is 2.69 bits per heavy atom. The van der Waals surface area contributed by atoms with E-state index in [4.69, 9.17) is 16.3 Å². The molecule has 1 aromatic rings. The predicted molar refractivity (Wildman–Crippen MR) is 100 cm³/mol. The lowest BCUT2D eigenvalue weighted by Crippen LogP contribution is -2.44. The number of nitrogens with zero attached hydrogens (tertiary/aromatic N) is 1. The highest BCUT2D eigenvalue weighted by Crippen LogP contribution is 2.23. The first-order valence-electron chi connectivity index (χ1n) is 9.05. The lowest BCUT2D eigenvalue weighted by Gasteiger charge is -2.30. The van der Waals surface area contributed by atoms with Crippen LogP contribution < -0.4 is 5.32 Å². The summed E-state index contributed by atoms with van der Waals surface area (Å²) < 4.78 is 32.2. The van der Waals surface area contributed by atoms with Crippen LogP contribution in [0.15, 0.2) is 24.3 Å². The molecule has 0 radical (unpaired) electrons. The molecule has 1 amide bonds. The second kappa shape index (κ2) is 8.69. The van der Waals surface area contributed by atoms with Crippen molar-refractivity contribution in [2.45, 2.75) is 37.5 Å². The molecule has 2 aliphatic rings. The highest BCUT2D eigenvalue weighted by atomic mass is 35.5. The lowest BCUT2D eigenvalue weighted by molar-refractivity contribution is -0.126. The van der Waals surface area contributed by atoms with Crippen molar-refractivity contribution in [3.63, 3.8) is 0 Å². The number of halogens is 1. The molecule has 144 valence electrons. The van der Waals surface area contributed by atoms with Gasteiger partial charge in [0.15, 0.2) is 0 Å². The van der Waals surface area contributed by atoms with Gasteiger partial charge in [-0.2, -0.15) is 0 Å². The van der Waals surface area contributed by atoms with E-state index in [9.17, 15) is 13.2 Å². The van der Waals surface area contributed by atoms with Gasteiger partial charge in [0.05, 0.1) is 11.9 Å². The molecule has 1 aromatic carbocycles. The van der Waals surface area contributed by atoms with E-state index in [2.05, 4.69) is 5.32 Å². The Kier molecular flexibility index (Phi) is 6.55. The van der Waals surface area contributed by atoms with Crippen LogP contribution in [0.3, 0.4) is 0 Å². The van der Waals surface area contributed by atoms with Crippen LogP contribution >= 0.6 is 11.6 Å². The van der Waals surface area contributed by atoms with Gasteiger partial charge in [0, 0.05) is 37.2 Å². The third-order valence-corrected chi connectivity index (χ3v) is 7.07. The Bertz CT molecular complexity index is 726. The second-order valence-corrected chi connectivity index (χ2v) is 9.34. The van der Waals surface area contributed by atoms with E-state index in [1.54, 1.807) is 24.3 Å². The average Bonchev–Trinajstić information content (AvgIpc) is 3.13. The van der Waals surface area contributed by atoms with Gasteiger partial charge >= 0.3 is 0 Å². The first-order chi connectivity index (χ1) is 12.4. The largest absolute Gasteiger partial charge is 0.376 e. The first kappa shape index (κ1) is 19.6. The highest BCUT2D eigenvalue weighted by Gasteiger charge is 2.31. The van der Waals surface area contributed by atoms with Crippen LogP contribution in [0.4, 0.5) is 0 Å². The zero-order valence-electron chi connectivity index (χ0n) is 14.7. The topological polar surface area (TPSA) is 75.7 Å². The molecule has 2 aliphatic heterocycles. The van der Waals surface area contributed by atoms with Crippen LogP contribution in [-0.4, -0.2) is 51.0 Å². The number of carbonyl (C=O) groups is 1. The van der Waals surface area contributed by atoms with Crippen LogP contribution in [0, 0.1) is 5.92 Å². The molecule has 2 heterocycles. The van der Waals surface area contributed by atoms with E-state index in [0.717, 1.165) is 19.4 Å². The number of carbonyl (C=O) groups excluding carboxylic acids is 1. The quantitative estimate of drug-likeness (QED) is 0.794. The number of amides is 1. The first-order valence-corrected chi connectivity index (χ1v) is 11.0. The summed E-state index contributed by atoms with van der Waals surface area (Å²) in [6.45, 7) is 2.07. The maximum atomic E-state index is 12.6. The third kappa shape index (κ3) is 5.19. The van der Waals surface area contributed by atoms with Gasteiger partial charge in [-0.25, -0.2) is 12.7 Å².